The molecule has 0 radical (unpaired) electrons. The zero-order valence-corrected chi connectivity index (χ0v) is 11.7. The van der Waals surface area contributed by atoms with E-state index in [9.17, 15) is 0 Å². The third-order valence-electron chi connectivity index (χ3n) is 3.81. The highest BCUT2D eigenvalue weighted by molar-refractivity contribution is 5.47. The standard InChI is InChI=1S/C14H24N4O/c1-18(8-6-12-4-2-3-5-12)14-10-13(15-7-9-19)16-11-17-14/h10-12,19H,2-9H2,1H3,(H,15,16,17). The lowest BCUT2D eigenvalue weighted by Gasteiger charge is -2.20. The van der Waals surface area contributed by atoms with Crippen LogP contribution in [0.5, 0.6) is 0 Å². The Morgan fingerprint density at radius 2 is 2.16 bits per heavy atom. The maximum Gasteiger partial charge on any atom is 0.133 e. The Balaban J connectivity index is 1.84. The first-order chi connectivity index (χ1) is 9.29. The van der Waals surface area contributed by atoms with Gasteiger partial charge in [-0.15, -0.1) is 0 Å². The monoisotopic (exact) mass is 264 g/mol. The van der Waals surface area contributed by atoms with Crippen molar-refractivity contribution in [3.63, 3.8) is 0 Å². The van der Waals surface area contributed by atoms with Gasteiger partial charge in [0.2, 0.25) is 0 Å². The third kappa shape index (κ3) is 4.35. The zero-order valence-electron chi connectivity index (χ0n) is 11.7. The normalized spacial score (nSPS) is 15.7. The van der Waals surface area contributed by atoms with Crippen molar-refractivity contribution in [1.82, 2.24) is 9.97 Å². The van der Waals surface area contributed by atoms with Gasteiger partial charge in [-0.1, -0.05) is 25.7 Å². The zero-order chi connectivity index (χ0) is 13.5. The van der Waals surface area contributed by atoms with E-state index < -0.39 is 0 Å². The van der Waals surface area contributed by atoms with Crippen LogP contribution in [-0.2, 0) is 0 Å². The molecule has 1 aromatic rings. The van der Waals surface area contributed by atoms with E-state index in [-0.39, 0.29) is 6.61 Å². The number of aliphatic hydroxyl groups is 1. The van der Waals surface area contributed by atoms with Crippen LogP contribution >= 0.6 is 0 Å². The molecule has 0 amide bonds. The molecule has 1 saturated carbocycles. The first-order valence-electron chi connectivity index (χ1n) is 7.17. The minimum atomic E-state index is 0.108. The predicted molar refractivity (Wildman–Crippen MR) is 77.5 cm³/mol. The van der Waals surface area contributed by atoms with E-state index >= 15 is 0 Å². The summed E-state index contributed by atoms with van der Waals surface area (Å²) in [5, 5.41) is 11.9. The predicted octanol–water partition coefficient (Wildman–Crippen LogP) is 1.90. The number of nitrogens with zero attached hydrogens (tertiary/aromatic N) is 3. The van der Waals surface area contributed by atoms with Gasteiger partial charge >= 0.3 is 0 Å². The Morgan fingerprint density at radius 1 is 1.37 bits per heavy atom. The second-order valence-corrected chi connectivity index (χ2v) is 5.27. The molecule has 1 heterocycles. The van der Waals surface area contributed by atoms with Crippen LogP contribution in [-0.4, -0.2) is 41.8 Å². The van der Waals surface area contributed by atoms with Gasteiger partial charge in [0.05, 0.1) is 6.61 Å². The number of hydrogen-bond acceptors (Lipinski definition) is 5. The second-order valence-electron chi connectivity index (χ2n) is 5.27. The average Bonchev–Trinajstić information content (AvgIpc) is 2.96. The Bertz CT molecular complexity index is 379. The van der Waals surface area contributed by atoms with E-state index in [4.69, 9.17) is 5.11 Å². The molecule has 0 saturated heterocycles. The minimum absolute atomic E-state index is 0.108. The average molecular weight is 264 g/mol. The van der Waals surface area contributed by atoms with Gasteiger partial charge in [0.1, 0.15) is 18.0 Å². The van der Waals surface area contributed by atoms with Gasteiger partial charge in [-0.05, 0) is 12.3 Å². The molecule has 1 aliphatic rings. The topological polar surface area (TPSA) is 61.3 Å². The van der Waals surface area contributed by atoms with E-state index in [0.29, 0.717) is 6.54 Å². The fourth-order valence-electron chi connectivity index (χ4n) is 2.63. The summed E-state index contributed by atoms with van der Waals surface area (Å²) >= 11 is 0. The molecule has 1 aliphatic carbocycles. The van der Waals surface area contributed by atoms with E-state index in [1.54, 1.807) is 6.33 Å². The molecule has 1 fully saturated rings. The summed E-state index contributed by atoms with van der Waals surface area (Å²) in [7, 11) is 2.08. The quantitative estimate of drug-likeness (QED) is 0.787. The highest BCUT2D eigenvalue weighted by Gasteiger charge is 2.15. The molecule has 19 heavy (non-hydrogen) atoms. The summed E-state index contributed by atoms with van der Waals surface area (Å²) in [6.45, 7) is 1.67. The number of aliphatic hydroxyl groups excluding tert-OH is 1. The van der Waals surface area contributed by atoms with E-state index in [2.05, 4.69) is 27.2 Å². The molecule has 2 N–H and O–H groups in total. The maximum absolute atomic E-state index is 8.80. The molecule has 0 unspecified atom stereocenters. The lowest BCUT2D eigenvalue weighted by molar-refractivity contribution is 0.311. The van der Waals surface area contributed by atoms with Crippen LogP contribution in [0.15, 0.2) is 12.4 Å². The largest absolute Gasteiger partial charge is 0.395 e. The Morgan fingerprint density at radius 3 is 2.89 bits per heavy atom. The molecular weight excluding hydrogens is 240 g/mol. The van der Waals surface area contributed by atoms with E-state index in [1.807, 2.05) is 6.07 Å². The van der Waals surface area contributed by atoms with Crippen molar-refractivity contribution in [2.75, 3.05) is 37.0 Å². The first-order valence-corrected chi connectivity index (χ1v) is 7.17. The number of rotatable bonds is 7. The molecule has 106 valence electrons. The number of hydrogen-bond donors (Lipinski definition) is 2. The smallest absolute Gasteiger partial charge is 0.133 e. The van der Waals surface area contributed by atoms with E-state index in [1.165, 1.54) is 32.1 Å². The second kappa shape index (κ2) is 7.28. The first kappa shape index (κ1) is 14.1. The molecule has 0 aliphatic heterocycles. The molecular formula is C14H24N4O. The lowest BCUT2D eigenvalue weighted by atomic mass is 10.0. The molecule has 0 spiro atoms. The summed E-state index contributed by atoms with van der Waals surface area (Å²) in [6.07, 6.45) is 8.40. The number of nitrogens with one attached hydrogen (secondary N) is 1. The highest BCUT2D eigenvalue weighted by atomic mass is 16.3. The molecule has 0 aromatic carbocycles. The van der Waals surface area contributed by atoms with Crippen LogP contribution in [0, 0.1) is 5.92 Å². The van der Waals surface area contributed by atoms with Gasteiger partial charge < -0.3 is 15.3 Å². The van der Waals surface area contributed by atoms with Crippen molar-refractivity contribution in [3.8, 4) is 0 Å². The van der Waals surface area contributed by atoms with Crippen molar-refractivity contribution >= 4 is 11.6 Å². The van der Waals surface area contributed by atoms with Gasteiger partial charge in [-0.25, -0.2) is 9.97 Å². The third-order valence-corrected chi connectivity index (χ3v) is 3.81. The number of aromatic nitrogens is 2. The SMILES string of the molecule is CN(CCC1CCCC1)c1cc(NCCO)ncn1. The van der Waals surface area contributed by atoms with Crippen LogP contribution in [0.25, 0.3) is 0 Å². The summed E-state index contributed by atoms with van der Waals surface area (Å²) in [6, 6.07) is 1.93. The van der Waals surface area contributed by atoms with Crippen molar-refractivity contribution in [1.29, 1.82) is 0 Å². The van der Waals surface area contributed by atoms with Crippen molar-refractivity contribution in [2.45, 2.75) is 32.1 Å². The molecule has 5 heteroatoms. The Hall–Kier alpha value is -1.36. The Kier molecular flexibility index (Phi) is 5.39. The van der Waals surface area contributed by atoms with E-state index in [0.717, 1.165) is 24.1 Å². The molecule has 0 bridgehead atoms. The van der Waals surface area contributed by atoms with Gasteiger partial charge in [0.15, 0.2) is 0 Å². The highest BCUT2D eigenvalue weighted by Crippen LogP contribution is 2.28. The van der Waals surface area contributed by atoms with Crippen LogP contribution in [0.2, 0.25) is 0 Å². The van der Waals surface area contributed by atoms with Crippen LogP contribution < -0.4 is 10.2 Å². The van der Waals surface area contributed by atoms with Crippen molar-refractivity contribution in [2.24, 2.45) is 5.92 Å². The molecule has 2 rings (SSSR count). The lowest BCUT2D eigenvalue weighted by Crippen LogP contribution is -2.22. The minimum Gasteiger partial charge on any atom is -0.395 e. The van der Waals surface area contributed by atoms with Gasteiger partial charge in [0.25, 0.3) is 0 Å². The van der Waals surface area contributed by atoms with Crippen molar-refractivity contribution < 1.29 is 5.11 Å². The summed E-state index contributed by atoms with van der Waals surface area (Å²) in [5.74, 6) is 2.61. The molecule has 1 aromatic heterocycles. The van der Waals surface area contributed by atoms with Gasteiger partial charge in [-0.3, -0.25) is 0 Å². The fourth-order valence-corrected chi connectivity index (χ4v) is 2.63. The summed E-state index contributed by atoms with van der Waals surface area (Å²) in [4.78, 5) is 10.6. The van der Waals surface area contributed by atoms with Crippen LogP contribution in [0.3, 0.4) is 0 Å². The summed E-state index contributed by atoms with van der Waals surface area (Å²) in [5.41, 5.74) is 0. The number of anilines is 2. The molecule has 0 atom stereocenters. The van der Waals surface area contributed by atoms with Crippen LogP contribution in [0.1, 0.15) is 32.1 Å². The Labute approximate surface area is 115 Å². The maximum atomic E-state index is 8.80. The van der Waals surface area contributed by atoms with Gasteiger partial charge in [-0.2, -0.15) is 0 Å². The van der Waals surface area contributed by atoms with Gasteiger partial charge in [0, 0.05) is 26.2 Å². The van der Waals surface area contributed by atoms with Crippen molar-refractivity contribution in [3.05, 3.63) is 12.4 Å². The fraction of sp³-hybridized carbons (Fsp3) is 0.714. The molecule has 5 nitrogen and oxygen atoms in total. The summed E-state index contributed by atoms with van der Waals surface area (Å²) < 4.78 is 0. The van der Waals surface area contributed by atoms with Crippen LogP contribution in [0.4, 0.5) is 11.6 Å².